The summed E-state index contributed by atoms with van der Waals surface area (Å²) in [4.78, 5) is 22.1. The van der Waals surface area contributed by atoms with Gasteiger partial charge < -0.3 is 15.7 Å². The van der Waals surface area contributed by atoms with Gasteiger partial charge in [0.05, 0.1) is 0 Å². The van der Waals surface area contributed by atoms with E-state index in [1.807, 2.05) is 12.1 Å². The van der Waals surface area contributed by atoms with E-state index in [-0.39, 0.29) is 6.54 Å². The summed E-state index contributed by atoms with van der Waals surface area (Å²) < 4.78 is 0. The van der Waals surface area contributed by atoms with Crippen LogP contribution in [-0.2, 0) is 4.79 Å². The molecule has 0 aliphatic heterocycles. The molecule has 0 aliphatic carbocycles. The summed E-state index contributed by atoms with van der Waals surface area (Å²) in [6.45, 7) is 3.72. The Hall–Kier alpha value is -2.82. The molecule has 0 saturated heterocycles. The molecule has 5 nitrogen and oxygen atoms in total. The third-order valence-electron chi connectivity index (χ3n) is 3.34. The standard InChI is InChI=1S/C17H18N2O3/c1-11-3-6-15(9-12(11)2)19-14-7-4-13(5-8-14)17(22)18-10-16(20)21/h3-9,19H,10H2,1-2H3,(H,18,22)(H,20,21). The highest BCUT2D eigenvalue weighted by molar-refractivity contribution is 5.96. The van der Waals surface area contributed by atoms with Crippen molar-refractivity contribution in [2.75, 3.05) is 11.9 Å². The molecule has 0 aliphatic rings. The maximum absolute atomic E-state index is 11.7. The number of hydrogen-bond donors (Lipinski definition) is 3. The fraction of sp³-hybridized carbons (Fsp3) is 0.176. The molecule has 22 heavy (non-hydrogen) atoms. The van der Waals surface area contributed by atoms with E-state index in [0.29, 0.717) is 5.56 Å². The van der Waals surface area contributed by atoms with Gasteiger partial charge in [0.1, 0.15) is 6.54 Å². The SMILES string of the molecule is Cc1ccc(Nc2ccc(C(=O)NCC(=O)O)cc2)cc1C. The highest BCUT2D eigenvalue weighted by atomic mass is 16.4. The summed E-state index contributed by atoms with van der Waals surface area (Å²) in [6, 6.07) is 13.0. The van der Waals surface area contributed by atoms with Gasteiger partial charge in [0.25, 0.3) is 5.91 Å². The molecule has 5 heteroatoms. The van der Waals surface area contributed by atoms with Gasteiger partial charge in [0, 0.05) is 16.9 Å². The summed E-state index contributed by atoms with van der Waals surface area (Å²) in [7, 11) is 0. The predicted octanol–water partition coefficient (Wildman–Crippen LogP) is 2.86. The maximum atomic E-state index is 11.7. The number of carbonyl (C=O) groups is 2. The Morgan fingerprint density at radius 1 is 0.955 bits per heavy atom. The van der Waals surface area contributed by atoms with E-state index in [4.69, 9.17) is 5.11 Å². The fourth-order valence-corrected chi connectivity index (χ4v) is 1.95. The Morgan fingerprint density at radius 3 is 2.18 bits per heavy atom. The van der Waals surface area contributed by atoms with Crippen molar-refractivity contribution in [2.24, 2.45) is 0 Å². The molecule has 0 atom stereocenters. The van der Waals surface area contributed by atoms with E-state index in [1.54, 1.807) is 24.3 Å². The molecule has 114 valence electrons. The molecule has 2 rings (SSSR count). The van der Waals surface area contributed by atoms with Crippen LogP contribution in [0, 0.1) is 13.8 Å². The highest BCUT2D eigenvalue weighted by Gasteiger charge is 2.07. The second-order valence-electron chi connectivity index (χ2n) is 5.08. The minimum Gasteiger partial charge on any atom is -0.480 e. The van der Waals surface area contributed by atoms with Gasteiger partial charge in [-0.1, -0.05) is 6.07 Å². The Balaban J connectivity index is 2.03. The number of aryl methyl sites for hydroxylation is 2. The van der Waals surface area contributed by atoms with Gasteiger partial charge in [0.15, 0.2) is 0 Å². The summed E-state index contributed by atoms with van der Waals surface area (Å²) >= 11 is 0. The molecule has 0 bridgehead atoms. The first kappa shape index (κ1) is 15.6. The molecule has 0 heterocycles. The van der Waals surface area contributed by atoms with Crippen LogP contribution >= 0.6 is 0 Å². The lowest BCUT2D eigenvalue weighted by Gasteiger charge is -2.09. The second kappa shape index (κ2) is 6.76. The summed E-state index contributed by atoms with van der Waals surface area (Å²) in [6.07, 6.45) is 0. The minimum absolute atomic E-state index is 0.387. The van der Waals surface area contributed by atoms with Crippen molar-refractivity contribution in [2.45, 2.75) is 13.8 Å². The van der Waals surface area contributed by atoms with E-state index < -0.39 is 11.9 Å². The van der Waals surface area contributed by atoms with E-state index in [2.05, 4.69) is 30.5 Å². The number of hydrogen-bond acceptors (Lipinski definition) is 3. The summed E-state index contributed by atoms with van der Waals surface area (Å²) in [5.74, 6) is -1.47. The van der Waals surface area contributed by atoms with E-state index in [0.717, 1.165) is 11.4 Å². The van der Waals surface area contributed by atoms with Crippen molar-refractivity contribution >= 4 is 23.3 Å². The fourth-order valence-electron chi connectivity index (χ4n) is 1.95. The van der Waals surface area contributed by atoms with Gasteiger partial charge in [-0.2, -0.15) is 0 Å². The molecule has 0 radical (unpaired) electrons. The van der Waals surface area contributed by atoms with Crippen LogP contribution in [0.4, 0.5) is 11.4 Å². The molecule has 0 unspecified atom stereocenters. The van der Waals surface area contributed by atoms with Gasteiger partial charge in [-0.15, -0.1) is 0 Å². The quantitative estimate of drug-likeness (QED) is 0.793. The normalized spacial score (nSPS) is 10.1. The summed E-state index contributed by atoms with van der Waals surface area (Å²) in [5, 5.41) is 14.1. The van der Waals surface area contributed by atoms with Crippen LogP contribution in [0.1, 0.15) is 21.5 Å². The zero-order valence-electron chi connectivity index (χ0n) is 12.5. The van der Waals surface area contributed by atoms with E-state index >= 15 is 0 Å². The minimum atomic E-state index is -1.07. The summed E-state index contributed by atoms with van der Waals surface area (Å²) in [5.41, 5.74) is 4.70. The Kier molecular flexibility index (Phi) is 4.78. The van der Waals surface area contributed by atoms with Gasteiger partial charge in [-0.3, -0.25) is 9.59 Å². The van der Waals surface area contributed by atoms with E-state index in [9.17, 15) is 9.59 Å². The highest BCUT2D eigenvalue weighted by Crippen LogP contribution is 2.20. The van der Waals surface area contributed by atoms with Crippen molar-refractivity contribution in [3.8, 4) is 0 Å². The number of carboxylic acids is 1. The van der Waals surface area contributed by atoms with E-state index in [1.165, 1.54) is 11.1 Å². The molecule has 1 amide bonds. The van der Waals surface area contributed by atoms with Gasteiger partial charge in [-0.05, 0) is 61.4 Å². The lowest BCUT2D eigenvalue weighted by atomic mass is 10.1. The first-order chi connectivity index (χ1) is 10.5. The van der Waals surface area contributed by atoms with Crippen molar-refractivity contribution < 1.29 is 14.7 Å². The lowest BCUT2D eigenvalue weighted by Crippen LogP contribution is -2.29. The van der Waals surface area contributed by atoms with Crippen molar-refractivity contribution in [1.82, 2.24) is 5.32 Å². The van der Waals surface area contributed by atoms with Crippen molar-refractivity contribution in [3.63, 3.8) is 0 Å². The van der Waals surface area contributed by atoms with Crippen LogP contribution < -0.4 is 10.6 Å². The number of carboxylic acid groups (broad SMARTS) is 1. The third kappa shape index (κ3) is 4.09. The monoisotopic (exact) mass is 298 g/mol. The first-order valence-electron chi connectivity index (χ1n) is 6.90. The molecule has 0 saturated carbocycles. The third-order valence-corrected chi connectivity index (χ3v) is 3.34. The Labute approximate surface area is 129 Å². The maximum Gasteiger partial charge on any atom is 0.322 e. The number of carbonyl (C=O) groups excluding carboxylic acids is 1. The molecular formula is C17H18N2O3. The number of amides is 1. The van der Waals surface area contributed by atoms with Gasteiger partial charge >= 0.3 is 5.97 Å². The molecule has 0 aromatic heterocycles. The second-order valence-corrected chi connectivity index (χ2v) is 5.08. The smallest absolute Gasteiger partial charge is 0.322 e. The van der Waals surface area contributed by atoms with Crippen molar-refractivity contribution in [3.05, 3.63) is 59.2 Å². The van der Waals surface area contributed by atoms with Crippen LogP contribution in [0.2, 0.25) is 0 Å². The average molecular weight is 298 g/mol. The zero-order chi connectivity index (χ0) is 16.1. The molecule has 2 aromatic carbocycles. The number of benzene rings is 2. The van der Waals surface area contributed by atoms with Gasteiger partial charge in [0.2, 0.25) is 0 Å². The Morgan fingerprint density at radius 2 is 1.59 bits per heavy atom. The largest absolute Gasteiger partial charge is 0.480 e. The van der Waals surface area contributed by atoms with Crippen LogP contribution in [-0.4, -0.2) is 23.5 Å². The molecule has 0 spiro atoms. The molecule has 0 fully saturated rings. The topological polar surface area (TPSA) is 78.4 Å². The first-order valence-corrected chi connectivity index (χ1v) is 6.90. The number of nitrogens with one attached hydrogen (secondary N) is 2. The van der Waals surface area contributed by atoms with Crippen LogP contribution in [0.15, 0.2) is 42.5 Å². The molecule has 2 aromatic rings. The number of anilines is 2. The van der Waals surface area contributed by atoms with Crippen LogP contribution in [0.25, 0.3) is 0 Å². The number of aliphatic carboxylic acids is 1. The molecular weight excluding hydrogens is 280 g/mol. The number of rotatable bonds is 5. The predicted molar refractivity (Wildman–Crippen MR) is 85.6 cm³/mol. The zero-order valence-corrected chi connectivity index (χ0v) is 12.5. The molecule has 3 N–H and O–H groups in total. The Bertz CT molecular complexity index is 694. The van der Waals surface area contributed by atoms with Crippen LogP contribution in [0.3, 0.4) is 0 Å². The van der Waals surface area contributed by atoms with Crippen LogP contribution in [0.5, 0.6) is 0 Å². The van der Waals surface area contributed by atoms with Gasteiger partial charge in [-0.25, -0.2) is 0 Å². The average Bonchev–Trinajstić information content (AvgIpc) is 2.49. The lowest BCUT2D eigenvalue weighted by molar-refractivity contribution is -0.135. The van der Waals surface area contributed by atoms with Crippen molar-refractivity contribution in [1.29, 1.82) is 0 Å².